The van der Waals surface area contributed by atoms with Gasteiger partial charge in [-0.3, -0.25) is 0 Å². The SMILES string of the molecule is COc1cc(-n2c(=O)n(C(F)F)c3cccnc32)c(F)cc1Cl. The fourth-order valence-corrected chi connectivity index (χ4v) is 2.53. The summed E-state index contributed by atoms with van der Waals surface area (Å²) in [5, 5.41) is -0.00708. The van der Waals surface area contributed by atoms with Crippen molar-refractivity contribution in [3.8, 4) is 11.4 Å². The quantitative estimate of drug-likeness (QED) is 0.732. The van der Waals surface area contributed by atoms with E-state index in [1.54, 1.807) is 0 Å². The molecule has 0 saturated carbocycles. The molecule has 0 aliphatic carbocycles. The zero-order valence-corrected chi connectivity index (χ0v) is 12.4. The van der Waals surface area contributed by atoms with Gasteiger partial charge in [0.15, 0.2) is 5.65 Å². The molecule has 0 atom stereocenters. The normalized spacial score (nSPS) is 11.4. The van der Waals surface area contributed by atoms with E-state index in [0.717, 1.165) is 16.7 Å². The van der Waals surface area contributed by atoms with Crippen LogP contribution in [0.25, 0.3) is 16.9 Å². The predicted octanol–water partition coefficient (Wildman–Crippen LogP) is 3.38. The van der Waals surface area contributed by atoms with Crippen LogP contribution in [-0.4, -0.2) is 21.2 Å². The molecule has 2 aromatic heterocycles. The fourth-order valence-electron chi connectivity index (χ4n) is 2.30. The molecule has 3 rings (SSSR count). The zero-order valence-electron chi connectivity index (χ0n) is 11.6. The maximum absolute atomic E-state index is 14.2. The first-order chi connectivity index (χ1) is 11.0. The van der Waals surface area contributed by atoms with E-state index in [0.29, 0.717) is 0 Å². The number of hydrogen-bond acceptors (Lipinski definition) is 3. The number of aromatic nitrogens is 3. The average molecular weight is 344 g/mol. The van der Waals surface area contributed by atoms with Gasteiger partial charge in [0.1, 0.15) is 11.6 Å². The number of methoxy groups -OCH3 is 1. The molecule has 0 saturated heterocycles. The molecule has 120 valence electrons. The number of alkyl halides is 2. The van der Waals surface area contributed by atoms with Crippen molar-refractivity contribution in [3.63, 3.8) is 0 Å². The van der Waals surface area contributed by atoms with Gasteiger partial charge in [0, 0.05) is 12.3 Å². The molecular weight excluding hydrogens is 335 g/mol. The van der Waals surface area contributed by atoms with Gasteiger partial charge in [0.25, 0.3) is 0 Å². The molecule has 5 nitrogen and oxygen atoms in total. The van der Waals surface area contributed by atoms with Crippen molar-refractivity contribution in [2.24, 2.45) is 0 Å². The number of imidazole rings is 1. The Bertz CT molecular complexity index is 952. The van der Waals surface area contributed by atoms with Crippen LogP contribution in [0.15, 0.2) is 35.3 Å². The lowest BCUT2D eigenvalue weighted by Gasteiger charge is -2.08. The van der Waals surface area contributed by atoms with Crippen LogP contribution in [0.2, 0.25) is 5.02 Å². The monoisotopic (exact) mass is 343 g/mol. The van der Waals surface area contributed by atoms with Crippen LogP contribution in [0.5, 0.6) is 5.75 Å². The highest BCUT2D eigenvalue weighted by Gasteiger charge is 2.23. The van der Waals surface area contributed by atoms with Crippen molar-refractivity contribution in [2.45, 2.75) is 6.55 Å². The maximum atomic E-state index is 14.2. The second kappa shape index (κ2) is 5.62. The number of rotatable bonds is 3. The van der Waals surface area contributed by atoms with E-state index in [2.05, 4.69) is 4.98 Å². The molecule has 23 heavy (non-hydrogen) atoms. The second-order valence-electron chi connectivity index (χ2n) is 4.55. The van der Waals surface area contributed by atoms with Crippen LogP contribution in [0.4, 0.5) is 13.2 Å². The van der Waals surface area contributed by atoms with E-state index < -0.39 is 18.1 Å². The predicted molar refractivity (Wildman–Crippen MR) is 78.1 cm³/mol. The Kier molecular flexibility index (Phi) is 3.77. The van der Waals surface area contributed by atoms with Crippen LogP contribution >= 0.6 is 11.6 Å². The van der Waals surface area contributed by atoms with Gasteiger partial charge in [-0.2, -0.15) is 8.78 Å². The molecule has 3 aromatic rings. The van der Waals surface area contributed by atoms with Crippen molar-refractivity contribution < 1.29 is 17.9 Å². The number of ether oxygens (including phenoxy) is 1. The molecular formula is C14H9ClF3N3O2. The van der Waals surface area contributed by atoms with Crippen molar-refractivity contribution in [1.82, 2.24) is 14.1 Å². The lowest BCUT2D eigenvalue weighted by atomic mass is 10.2. The fraction of sp³-hybridized carbons (Fsp3) is 0.143. The Morgan fingerprint density at radius 3 is 2.74 bits per heavy atom. The average Bonchev–Trinajstić information content (AvgIpc) is 2.80. The minimum atomic E-state index is -3.09. The lowest BCUT2D eigenvalue weighted by Crippen LogP contribution is -2.24. The minimum absolute atomic E-state index is 0.00708. The highest BCUT2D eigenvalue weighted by molar-refractivity contribution is 6.32. The third-order valence-corrected chi connectivity index (χ3v) is 3.59. The van der Waals surface area contributed by atoms with Gasteiger partial charge in [-0.05, 0) is 18.2 Å². The van der Waals surface area contributed by atoms with Gasteiger partial charge < -0.3 is 4.74 Å². The largest absolute Gasteiger partial charge is 0.495 e. The molecule has 0 unspecified atom stereocenters. The Morgan fingerprint density at radius 2 is 2.09 bits per heavy atom. The molecule has 0 N–H and O–H groups in total. The smallest absolute Gasteiger partial charge is 0.339 e. The van der Waals surface area contributed by atoms with E-state index in [4.69, 9.17) is 16.3 Å². The number of hydrogen-bond donors (Lipinski definition) is 0. The van der Waals surface area contributed by atoms with E-state index >= 15 is 0 Å². The standard InChI is InChI=1S/C14H9ClF3N3O2/c1-23-11-6-10(8(16)5-7(11)15)20-12-9(3-2-4-19-12)21(13(17)18)14(20)22/h2-6,13H,1H3. The number of nitrogens with zero attached hydrogens (tertiary/aromatic N) is 3. The molecule has 1 aromatic carbocycles. The highest BCUT2D eigenvalue weighted by Crippen LogP contribution is 2.30. The summed E-state index contributed by atoms with van der Waals surface area (Å²) in [5.41, 5.74) is -1.60. The Balaban J connectivity index is 2.42. The van der Waals surface area contributed by atoms with E-state index in [1.165, 1.54) is 25.4 Å². The summed E-state index contributed by atoms with van der Waals surface area (Å²) >= 11 is 5.81. The lowest BCUT2D eigenvalue weighted by molar-refractivity contribution is 0.0707. The molecule has 0 fully saturated rings. The molecule has 9 heteroatoms. The number of benzene rings is 1. The minimum Gasteiger partial charge on any atom is -0.495 e. The van der Waals surface area contributed by atoms with Gasteiger partial charge in [0.05, 0.1) is 23.3 Å². The number of pyridine rings is 1. The van der Waals surface area contributed by atoms with Crippen LogP contribution in [0.1, 0.15) is 6.55 Å². The summed E-state index contributed by atoms with van der Waals surface area (Å²) in [6.07, 6.45) is 1.32. The molecule has 2 heterocycles. The summed E-state index contributed by atoms with van der Waals surface area (Å²) in [6.45, 7) is -3.09. The summed E-state index contributed by atoms with van der Waals surface area (Å²) in [4.78, 5) is 16.2. The third-order valence-electron chi connectivity index (χ3n) is 3.29. The number of fused-ring (bicyclic) bond motifs is 1. The molecule has 0 radical (unpaired) electrons. The van der Waals surface area contributed by atoms with Gasteiger partial charge in [-0.1, -0.05) is 11.6 Å². The maximum Gasteiger partial charge on any atom is 0.339 e. The van der Waals surface area contributed by atoms with Crippen molar-refractivity contribution >= 4 is 22.8 Å². The Labute approximate surface area is 132 Å². The van der Waals surface area contributed by atoms with Crippen LogP contribution in [0, 0.1) is 5.82 Å². The molecule has 0 amide bonds. The van der Waals surface area contributed by atoms with E-state index in [9.17, 15) is 18.0 Å². The molecule has 0 bridgehead atoms. The second-order valence-corrected chi connectivity index (χ2v) is 4.96. The van der Waals surface area contributed by atoms with Crippen LogP contribution in [0.3, 0.4) is 0 Å². The first kappa shape index (κ1) is 15.4. The van der Waals surface area contributed by atoms with Gasteiger partial charge in [-0.25, -0.2) is 23.3 Å². The summed E-state index contributed by atoms with van der Waals surface area (Å²) < 4.78 is 46.6. The van der Waals surface area contributed by atoms with Gasteiger partial charge in [-0.15, -0.1) is 0 Å². The summed E-state index contributed by atoms with van der Waals surface area (Å²) in [5.74, 6) is -0.763. The van der Waals surface area contributed by atoms with Crippen LogP contribution < -0.4 is 10.4 Å². The summed E-state index contributed by atoms with van der Waals surface area (Å²) in [7, 11) is 1.31. The van der Waals surface area contributed by atoms with E-state index in [1.807, 2.05) is 0 Å². The van der Waals surface area contributed by atoms with Crippen molar-refractivity contribution in [3.05, 3.63) is 51.8 Å². The first-order valence-corrected chi connectivity index (χ1v) is 6.73. The topological polar surface area (TPSA) is 49.0 Å². The zero-order chi connectivity index (χ0) is 16.7. The first-order valence-electron chi connectivity index (χ1n) is 6.35. The molecule has 0 spiro atoms. The van der Waals surface area contributed by atoms with E-state index in [-0.39, 0.29) is 32.2 Å². The molecule has 0 aliphatic rings. The van der Waals surface area contributed by atoms with Crippen molar-refractivity contribution in [2.75, 3.05) is 7.11 Å². The highest BCUT2D eigenvalue weighted by atomic mass is 35.5. The third kappa shape index (κ3) is 2.35. The summed E-state index contributed by atoms with van der Waals surface area (Å²) in [6, 6.07) is 4.81. The Morgan fingerprint density at radius 1 is 1.35 bits per heavy atom. The van der Waals surface area contributed by atoms with Crippen LogP contribution in [-0.2, 0) is 0 Å². The van der Waals surface area contributed by atoms with Gasteiger partial charge in [0.2, 0.25) is 0 Å². The Hall–Kier alpha value is -2.48. The van der Waals surface area contributed by atoms with Crippen molar-refractivity contribution in [1.29, 1.82) is 0 Å². The molecule has 0 aliphatic heterocycles. The number of halogens is 4. The van der Waals surface area contributed by atoms with Gasteiger partial charge >= 0.3 is 12.2 Å².